The van der Waals surface area contributed by atoms with Crippen molar-refractivity contribution in [3.63, 3.8) is 0 Å². The van der Waals surface area contributed by atoms with E-state index in [4.69, 9.17) is 21.1 Å². The second kappa shape index (κ2) is 7.13. The number of ether oxygens (including phenoxy) is 2. The molecule has 0 aliphatic carbocycles. The second-order valence-electron chi connectivity index (χ2n) is 4.87. The predicted molar refractivity (Wildman–Crippen MR) is 78.0 cm³/mol. The summed E-state index contributed by atoms with van der Waals surface area (Å²) in [6.45, 7) is 3.91. The molecule has 1 fully saturated rings. The van der Waals surface area contributed by atoms with Crippen molar-refractivity contribution in [2.75, 3.05) is 20.3 Å². The molecule has 1 heterocycles. The van der Waals surface area contributed by atoms with Gasteiger partial charge in [0.15, 0.2) is 0 Å². The van der Waals surface area contributed by atoms with E-state index in [1.165, 1.54) is 0 Å². The van der Waals surface area contributed by atoms with E-state index < -0.39 is 0 Å². The molecule has 1 aromatic carbocycles. The van der Waals surface area contributed by atoms with E-state index in [1.54, 1.807) is 7.11 Å². The molecule has 1 saturated heterocycles. The highest BCUT2D eigenvalue weighted by Crippen LogP contribution is 2.32. The van der Waals surface area contributed by atoms with Crippen molar-refractivity contribution in [1.29, 1.82) is 0 Å². The molecule has 19 heavy (non-hydrogen) atoms. The summed E-state index contributed by atoms with van der Waals surface area (Å²) in [6, 6.07) is 6.00. The van der Waals surface area contributed by atoms with E-state index in [9.17, 15) is 0 Å². The first-order valence-corrected chi connectivity index (χ1v) is 7.30. The van der Waals surface area contributed by atoms with E-state index in [1.807, 2.05) is 18.2 Å². The molecule has 0 amide bonds. The first-order valence-electron chi connectivity index (χ1n) is 6.93. The molecule has 4 heteroatoms. The van der Waals surface area contributed by atoms with Crippen LogP contribution >= 0.6 is 11.6 Å². The average Bonchev–Trinajstić information content (AvgIpc) is 2.91. The Labute approximate surface area is 120 Å². The van der Waals surface area contributed by atoms with Crippen LogP contribution in [0, 0.1) is 0 Å². The van der Waals surface area contributed by atoms with Crippen LogP contribution in [-0.2, 0) is 4.74 Å². The van der Waals surface area contributed by atoms with Crippen LogP contribution < -0.4 is 10.1 Å². The maximum Gasteiger partial charge on any atom is 0.123 e. The highest BCUT2D eigenvalue weighted by molar-refractivity contribution is 6.30. The van der Waals surface area contributed by atoms with Crippen LogP contribution in [0.25, 0.3) is 0 Å². The minimum Gasteiger partial charge on any atom is -0.496 e. The number of hydrogen-bond donors (Lipinski definition) is 1. The van der Waals surface area contributed by atoms with Crippen LogP contribution in [0.15, 0.2) is 18.2 Å². The first kappa shape index (κ1) is 14.6. The van der Waals surface area contributed by atoms with Gasteiger partial charge in [-0.05, 0) is 44.0 Å². The minimum atomic E-state index is 0.224. The molecule has 1 aromatic rings. The third-order valence-electron chi connectivity index (χ3n) is 3.54. The fourth-order valence-electron chi connectivity index (χ4n) is 2.64. The summed E-state index contributed by atoms with van der Waals surface area (Å²) in [5.41, 5.74) is 1.12. The molecule has 2 atom stereocenters. The zero-order valence-corrected chi connectivity index (χ0v) is 12.4. The molecule has 106 valence electrons. The maximum absolute atomic E-state index is 6.12. The monoisotopic (exact) mass is 283 g/mol. The highest BCUT2D eigenvalue weighted by Gasteiger charge is 2.23. The largest absolute Gasteiger partial charge is 0.496 e. The third-order valence-corrected chi connectivity index (χ3v) is 3.78. The molecular formula is C15H22ClNO2. The summed E-state index contributed by atoms with van der Waals surface area (Å²) in [5.74, 6) is 0.883. The average molecular weight is 284 g/mol. The van der Waals surface area contributed by atoms with Gasteiger partial charge in [-0.2, -0.15) is 0 Å². The second-order valence-corrected chi connectivity index (χ2v) is 5.30. The molecule has 0 radical (unpaired) electrons. The van der Waals surface area contributed by atoms with Gasteiger partial charge in [0, 0.05) is 23.2 Å². The fraction of sp³-hybridized carbons (Fsp3) is 0.600. The van der Waals surface area contributed by atoms with E-state index in [0.717, 1.165) is 48.7 Å². The Morgan fingerprint density at radius 2 is 2.37 bits per heavy atom. The van der Waals surface area contributed by atoms with Gasteiger partial charge in [0.1, 0.15) is 5.75 Å². The summed E-state index contributed by atoms with van der Waals surface area (Å²) in [5, 5.41) is 4.25. The number of hydrogen-bond acceptors (Lipinski definition) is 3. The minimum absolute atomic E-state index is 0.224. The van der Waals surface area contributed by atoms with Gasteiger partial charge in [0.25, 0.3) is 0 Å². The Bertz CT molecular complexity index is 405. The molecule has 0 aromatic heterocycles. The van der Waals surface area contributed by atoms with Crippen LogP contribution in [0.4, 0.5) is 0 Å². The molecule has 2 rings (SSSR count). The lowest BCUT2D eigenvalue weighted by atomic mass is 9.98. The number of nitrogens with one attached hydrogen (secondary N) is 1. The van der Waals surface area contributed by atoms with E-state index in [2.05, 4.69) is 12.2 Å². The molecule has 0 spiro atoms. The summed E-state index contributed by atoms with van der Waals surface area (Å²) in [7, 11) is 1.70. The van der Waals surface area contributed by atoms with Crippen LogP contribution in [0.5, 0.6) is 5.75 Å². The SMILES string of the molecule is CCNC(CC1CCCO1)c1cc(Cl)ccc1OC. The maximum atomic E-state index is 6.12. The fourth-order valence-corrected chi connectivity index (χ4v) is 2.82. The van der Waals surface area contributed by atoms with Crippen molar-refractivity contribution in [3.05, 3.63) is 28.8 Å². The lowest BCUT2D eigenvalue weighted by Crippen LogP contribution is -2.25. The van der Waals surface area contributed by atoms with Crippen LogP contribution in [-0.4, -0.2) is 26.4 Å². The molecule has 1 N–H and O–H groups in total. The van der Waals surface area contributed by atoms with Gasteiger partial charge >= 0.3 is 0 Å². The van der Waals surface area contributed by atoms with E-state index in [-0.39, 0.29) is 6.04 Å². The van der Waals surface area contributed by atoms with Crippen LogP contribution in [0.1, 0.15) is 37.8 Å². The molecule has 3 nitrogen and oxygen atoms in total. The standard InChI is InChI=1S/C15H22ClNO2/c1-3-17-14(10-12-5-4-8-19-12)13-9-11(16)6-7-15(13)18-2/h6-7,9,12,14,17H,3-5,8,10H2,1-2H3. The normalized spacial score (nSPS) is 20.5. The molecule has 1 aliphatic rings. The molecule has 1 aliphatic heterocycles. The van der Waals surface area contributed by atoms with Gasteiger partial charge in [0.05, 0.1) is 13.2 Å². The van der Waals surface area contributed by atoms with Crippen molar-refractivity contribution in [2.45, 2.75) is 38.3 Å². The molecule has 0 saturated carbocycles. The van der Waals surface area contributed by atoms with Gasteiger partial charge in [0.2, 0.25) is 0 Å². The van der Waals surface area contributed by atoms with Crippen molar-refractivity contribution in [3.8, 4) is 5.75 Å². The molecule has 2 unspecified atom stereocenters. The van der Waals surface area contributed by atoms with Crippen molar-refractivity contribution in [2.24, 2.45) is 0 Å². The molecule has 0 bridgehead atoms. The van der Waals surface area contributed by atoms with Crippen molar-refractivity contribution >= 4 is 11.6 Å². The van der Waals surface area contributed by atoms with Crippen LogP contribution in [0.3, 0.4) is 0 Å². The Morgan fingerprint density at radius 3 is 3.00 bits per heavy atom. The van der Waals surface area contributed by atoms with Crippen molar-refractivity contribution in [1.82, 2.24) is 5.32 Å². The van der Waals surface area contributed by atoms with Crippen molar-refractivity contribution < 1.29 is 9.47 Å². The lowest BCUT2D eigenvalue weighted by Gasteiger charge is -2.23. The third kappa shape index (κ3) is 3.85. The summed E-state index contributed by atoms with van der Waals surface area (Å²) < 4.78 is 11.2. The van der Waals surface area contributed by atoms with Crippen LogP contribution in [0.2, 0.25) is 5.02 Å². The summed E-state index contributed by atoms with van der Waals surface area (Å²) >= 11 is 6.12. The Morgan fingerprint density at radius 1 is 1.53 bits per heavy atom. The zero-order valence-electron chi connectivity index (χ0n) is 11.6. The smallest absolute Gasteiger partial charge is 0.123 e. The summed E-state index contributed by atoms with van der Waals surface area (Å²) in [6.07, 6.45) is 3.61. The highest BCUT2D eigenvalue weighted by atomic mass is 35.5. The quantitative estimate of drug-likeness (QED) is 0.866. The van der Waals surface area contributed by atoms with E-state index >= 15 is 0 Å². The van der Waals surface area contributed by atoms with Gasteiger partial charge in [-0.1, -0.05) is 18.5 Å². The number of methoxy groups -OCH3 is 1. The number of rotatable bonds is 6. The zero-order chi connectivity index (χ0) is 13.7. The predicted octanol–water partition coefficient (Wildman–Crippen LogP) is 3.57. The number of benzene rings is 1. The van der Waals surface area contributed by atoms with Gasteiger partial charge < -0.3 is 14.8 Å². The number of halogens is 1. The van der Waals surface area contributed by atoms with Gasteiger partial charge in [-0.15, -0.1) is 0 Å². The Balaban J connectivity index is 2.18. The lowest BCUT2D eigenvalue weighted by molar-refractivity contribution is 0.0945. The topological polar surface area (TPSA) is 30.5 Å². The van der Waals surface area contributed by atoms with E-state index in [0.29, 0.717) is 6.10 Å². The summed E-state index contributed by atoms with van der Waals surface area (Å²) in [4.78, 5) is 0. The van der Waals surface area contributed by atoms with Gasteiger partial charge in [-0.3, -0.25) is 0 Å². The Kier molecular flexibility index (Phi) is 5.49. The molecular weight excluding hydrogens is 262 g/mol. The first-order chi connectivity index (χ1) is 9.24. The Hall–Kier alpha value is -0.770. The van der Waals surface area contributed by atoms with Gasteiger partial charge in [-0.25, -0.2) is 0 Å².